The zero-order chi connectivity index (χ0) is 21.0. The van der Waals surface area contributed by atoms with Gasteiger partial charge in [-0.05, 0) is 18.2 Å². The minimum Gasteiger partial charge on any atom is -0.284 e. The van der Waals surface area contributed by atoms with Crippen molar-refractivity contribution in [2.24, 2.45) is 4.99 Å². The maximum Gasteiger partial charge on any atom is 0.281 e. The summed E-state index contributed by atoms with van der Waals surface area (Å²) in [5.74, 6) is -0.482. The van der Waals surface area contributed by atoms with Gasteiger partial charge in [0.2, 0.25) is 0 Å². The van der Waals surface area contributed by atoms with E-state index in [0.29, 0.717) is 22.5 Å². The maximum absolute atomic E-state index is 13.7. The van der Waals surface area contributed by atoms with E-state index in [9.17, 15) is 19.3 Å². The van der Waals surface area contributed by atoms with Crippen LogP contribution in [0, 0.1) is 15.9 Å². The van der Waals surface area contributed by atoms with Gasteiger partial charge >= 0.3 is 0 Å². The van der Waals surface area contributed by atoms with Crippen LogP contribution in [0.5, 0.6) is 0 Å². The van der Waals surface area contributed by atoms with E-state index in [1.54, 1.807) is 23.0 Å². The van der Waals surface area contributed by atoms with Gasteiger partial charge in [-0.15, -0.1) is 0 Å². The van der Waals surface area contributed by atoms with Gasteiger partial charge in [0.15, 0.2) is 5.69 Å². The number of aliphatic imine (C=N–C) groups is 1. The van der Waals surface area contributed by atoms with Crippen LogP contribution in [0.1, 0.15) is 18.8 Å². The van der Waals surface area contributed by atoms with Crippen molar-refractivity contribution in [2.45, 2.75) is 13.1 Å². The second-order valence-electron chi connectivity index (χ2n) is 6.88. The number of nitrogens with zero attached hydrogens (tertiary/aromatic N) is 5. The summed E-state index contributed by atoms with van der Waals surface area (Å²) in [4.78, 5) is 28.4. The largest absolute Gasteiger partial charge is 0.284 e. The van der Waals surface area contributed by atoms with Crippen molar-refractivity contribution >= 4 is 22.8 Å². The SMILES string of the molecule is CC1N=Cc2c3[nH]n(-c4cccc(F)c4)c(=O)c3c(-c3cccc([N+](=O)[O-])c3)n[n+]21. The molecule has 0 spiro atoms. The molecule has 0 fully saturated rings. The van der Waals surface area contributed by atoms with E-state index in [1.165, 1.54) is 41.1 Å². The first-order valence-electron chi connectivity index (χ1n) is 9.08. The highest BCUT2D eigenvalue weighted by Gasteiger charge is 2.33. The van der Waals surface area contributed by atoms with Gasteiger partial charge in [0.25, 0.3) is 23.1 Å². The van der Waals surface area contributed by atoms with Crippen LogP contribution in [-0.2, 0) is 0 Å². The standard InChI is InChI=1S/C20H13FN6O3/c1-11-22-10-16-19-17(20(28)26(24-19)14-6-3-5-13(21)9-14)18(23-25(11)16)12-4-2-7-15(8-12)27(29)30/h2-11H,1H3/p+1. The summed E-state index contributed by atoms with van der Waals surface area (Å²) in [7, 11) is 0. The third-order valence-corrected chi connectivity index (χ3v) is 5.00. The highest BCUT2D eigenvalue weighted by Crippen LogP contribution is 2.28. The van der Waals surface area contributed by atoms with Crippen molar-refractivity contribution in [1.82, 2.24) is 14.9 Å². The number of halogens is 1. The Morgan fingerprint density at radius 3 is 2.80 bits per heavy atom. The van der Waals surface area contributed by atoms with E-state index in [1.807, 2.05) is 6.92 Å². The van der Waals surface area contributed by atoms with Crippen LogP contribution in [0.2, 0.25) is 0 Å². The Morgan fingerprint density at radius 1 is 1.23 bits per heavy atom. The number of aromatic nitrogens is 4. The summed E-state index contributed by atoms with van der Waals surface area (Å²) in [5, 5.41) is 19.1. The molecule has 30 heavy (non-hydrogen) atoms. The fourth-order valence-electron chi connectivity index (χ4n) is 3.58. The Bertz CT molecular complexity index is 1440. The van der Waals surface area contributed by atoms with Crippen molar-refractivity contribution in [3.05, 3.63) is 80.5 Å². The molecule has 0 bridgehead atoms. The lowest BCUT2D eigenvalue weighted by molar-refractivity contribution is -0.767. The van der Waals surface area contributed by atoms with Crippen LogP contribution in [0.3, 0.4) is 0 Å². The molecule has 1 N–H and O–H groups in total. The van der Waals surface area contributed by atoms with Gasteiger partial charge in [0.1, 0.15) is 22.9 Å². The van der Waals surface area contributed by atoms with Crippen molar-refractivity contribution in [1.29, 1.82) is 0 Å². The second kappa shape index (κ2) is 6.41. The smallest absolute Gasteiger partial charge is 0.281 e. The molecule has 1 aliphatic rings. The van der Waals surface area contributed by atoms with E-state index >= 15 is 0 Å². The number of hydrogen-bond acceptors (Lipinski definition) is 5. The molecular weight excluding hydrogens is 391 g/mol. The summed E-state index contributed by atoms with van der Waals surface area (Å²) in [6.45, 7) is 1.84. The van der Waals surface area contributed by atoms with Crippen molar-refractivity contribution in [2.75, 3.05) is 0 Å². The Morgan fingerprint density at radius 2 is 2.03 bits per heavy atom. The van der Waals surface area contributed by atoms with Crippen LogP contribution in [-0.4, -0.2) is 26.0 Å². The molecule has 1 atom stereocenters. The van der Waals surface area contributed by atoms with Gasteiger partial charge in [-0.3, -0.25) is 20.0 Å². The zero-order valence-electron chi connectivity index (χ0n) is 15.6. The molecule has 9 nitrogen and oxygen atoms in total. The molecule has 2 aromatic heterocycles. The van der Waals surface area contributed by atoms with E-state index in [4.69, 9.17) is 0 Å². The van der Waals surface area contributed by atoms with E-state index in [0.717, 1.165) is 0 Å². The van der Waals surface area contributed by atoms with E-state index in [2.05, 4.69) is 15.2 Å². The third kappa shape index (κ3) is 2.61. The van der Waals surface area contributed by atoms with Crippen LogP contribution < -0.4 is 10.2 Å². The predicted octanol–water partition coefficient (Wildman–Crippen LogP) is 2.67. The Hall–Kier alpha value is -4.21. The highest BCUT2D eigenvalue weighted by molar-refractivity contribution is 6.00. The number of non-ortho nitro benzene ring substituents is 1. The monoisotopic (exact) mass is 405 g/mol. The zero-order valence-corrected chi connectivity index (χ0v) is 15.6. The van der Waals surface area contributed by atoms with E-state index < -0.39 is 16.3 Å². The van der Waals surface area contributed by atoms with Crippen molar-refractivity contribution < 1.29 is 14.0 Å². The number of benzene rings is 2. The second-order valence-corrected chi connectivity index (χ2v) is 6.88. The average Bonchev–Trinajstić information content (AvgIpc) is 3.28. The molecular formula is C20H14FN6O3+. The molecule has 0 radical (unpaired) electrons. The first kappa shape index (κ1) is 17.9. The fraction of sp³-hybridized carbons (Fsp3) is 0.100. The van der Waals surface area contributed by atoms with Crippen LogP contribution in [0.4, 0.5) is 10.1 Å². The molecule has 1 aliphatic heterocycles. The number of rotatable bonds is 3. The van der Waals surface area contributed by atoms with Gasteiger partial charge in [-0.25, -0.2) is 14.1 Å². The summed E-state index contributed by atoms with van der Waals surface area (Å²) < 4.78 is 16.6. The van der Waals surface area contributed by atoms with Crippen molar-refractivity contribution in [3.63, 3.8) is 0 Å². The van der Waals surface area contributed by atoms with E-state index in [-0.39, 0.29) is 22.9 Å². The lowest BCUT2D eigenvalue weighted by Crippen LogP contribution is -2.42. The molecule has 0 saturated carbocycles. The first-order valence-corrected chi connectivity index (χ1v) is 9.08. The minimum atomic E-state index is -0.505. The lowest BCUT2D eigenvalue weighted by atomic mass is 10.1. The van der Waals surface area contributed by atoms with Gasteiger partial charge < -0.3 is 0 Å². The summed E-state index contributed by atoms with van der Waals surface area (Å²) in [5.41, 5.74) is 1.53. The molecule has 5 rings (SSSR count). The number of H-pyrrole nitrogens is 1. The summed E-state index contributed by atoms with van der Waals surface area (Å²) in [6.07, 6.45) is 1.31. The molecule has 3 heterocycles. The average molecular weight is 405 g/mol. The van der Waals surface area contributed by atoms with Crippen LogP contribution in [0.25, 0.3) is 27.8 Å². The molecule has 148 valence electrons. The number of aromatic amines is 1. The normalized spacial score (nSPS) is 14.9. The molecule has 0 amide bonds. The summed E-state index contributed by atoms with van der Waals surface area (Å²) >= 11 is 0. The topological polar surface area (TPSA) is 110 Å². The Kier molecular flexibility index (Phi) is 3.82. The number of nitrogens with one attached hydrogen (secondary N) is 1. The Balaban J connectivity index is 1.86. The molecule has 1 unspecified atom stereocenters. The number of nitro benzene ring substituents is 1. The van der Waals surface area contributed by atoms with Gasteiger partial charge in [-0.2, -0.15) is 0 Å². The quantitative estimate of drug-likeness (QED) is 0.321. The molecule has 4 aromatic rings. The number of fused-ring (bicyclic) bond motifs is 3. The van der Waals surface area contributed by atoms with Gasteiger partial charge in [-0.1, -0.05) is 22.9 Å². The van der Waals surface area contributed by atoms with Gasteiger partial charge in [0.05, 0.1) is 10.6 Å². The lowest BCUT2D eigenvalue weighted by Gasteiger charge is -2.02. The predicted molar refractivity (Wildman–Crippen MR) is 106 cm³/mol. The van der Waals surface area contributed by atoms with Gasteiger partial charge in [0, 0.05) is 29.7 Å². The van der Waals surface area contributed by atoms with Crippen LogP contribution in [0.15, 0.2) is 58.3 Å². The minimum absolute atomic E-state index is 0.113. The van der Waals surface area contributed by atoms with Crippen molar-refractivity contribution in [3.8, 4) is 16.9 Å². The molecule has 2 aromatic carbocycles. The Labute approximate surface area is 167 Å². The van der Waals surface area contributed by atoms with Crippen LogP contribution >= 0.6 is 0 Å². The fourth-order valence-corrected chi connectivity index (χ4v) is 3.58. The first-order chi connectivity index (χ1) is 14.4. The third-order valence-electron chi connectivity index (χ3n) is 5.00. The maximum atomic E-state index is 13.7. The number of nitro groups is 1. The number of hydrogen-bond donors (Lipinski definition) is 1. The molecule has 0 saturated heterocycles. The summed E-state index contributed by atoms with van der Waals surface area (Å²) in [6, 6.07) is 11.6. The molecule has 0 aliphatic carbocycles. The molecule has 10 heteroatoms. The highest BCUT2D eigenvalue weighted by atomic mass is 19.1.